The van der Waals surface area contributed by atoms with E-state index in [2.05, 4.69) is 61.2 Å². The van der Waals surface area contributed by atoms with E-state index in [0.29, 0.717) is 5.02 Å². The standard InChI is InChI=1S/C25H28ClNO2/c1-5-27(6-2)20-13-14-21(24(17-20)29-4)25(18-10-8-7-9-11-18)22-16-19(26)12-15-23(22)28-3/h7-17,25H,5-6H2,1-4H3. The fourth-order valence-corrected chi connectivity index (χ4v) is 4.01. The summed E-state index contributed by atoms with van der Waals surface area (Å²) in [5.74, 6) is 1.59. The van der Waals surface area contributed by atoms with Crippen LogP contribution in [0, 0.1) is 0 Å². The zero-order valence-electron chi connectivity index (χ0n) is 17.5. The molecule has 152 valence electrons. The van der Waals surface area contributed by atoms with Gasteiger partial charge in [-0.3, -0.25) is 0 Å². The number of halogens is 1. The molecule has 0 fully saturated rings. The van der Waals surface area contributed by atoms with E-state index in [1.54, 1.807) is 14.2 Å². The fourth-order valence-electron chi connectivity index (χ4n) is 3.83. The summed E-state index contributed by atoms with van der Waals surface area (Å²) in [4.78, 5) is 2.31. The van der Waals surface area contributed by atoms with E-state index < -0.39 is 0 Å². The minimum Gasteiger partial charge on any atom is -0.496 e. The van der Waals surface area contributed by atoms with Crippen molar-refractivity contribution in [3.8, 4) is 11.5 Å². The number of methoxy groups -OCH3 is 2. The molecule has 0 spiro atoms. The SMILES string of the molecule is CCN(CC)c1ccc(C(c2ccccc2)c2cc(Cl)ccc2OC)c(OC)c1. The van der Waals surface area contributed by atoms with Gasteiger partial charge in [-0.25, -0.2) is 0 Å². The number of benzene rings is 3. The molecule has 1 atom stereocenters. The maximum absolute atomic E-state index is 6.38. The minimum absolute atomic E-state index is 0.0643. The summed E-state index contributed by atoms with van der Waals surface area (Å²) in [6.07, 6.45) is 0. The van der Waals surface area contributed by atoms with Gasteiger partial charge < -0.3 is 14.4 Å². The van der Waals surface area contributed by atoms with Gasteiger partial charge in [-0.05, 0) is 43.7 Å². The Labute approximate surface area is 178 Å². The maximum Gasteiger partial charge on any atom is 0.125 e. The first-order valence-corrected chi connectivity index (χ1v) is 10.3. The van der Waals surface area contributed by atoms with Crippen LogP contribution < -0.4 is 14.4 Å². The second-order valence-corrected chi connectivity index (χ2v) is 7.26. The predicted molar refractivity (Wildman–Crippen MR) is 122 cm³/mol. The molecule has 0 N–H and O–H groups in total. The van der Waals surface area contributed by atoms with E-state index >= 15 is 0 Å². The fraction of sp³-hybridized carbons (Fsp3) is 0.280. The molecule has 0 saturated carbocycles. The smallest absolute Gasteiger partial charge is 0.125 e. The van der Waals surface area contributed by atoms with E-state index in [0.717, 1.165) is 47.0 Å². The predicted octanol–water partition coefficient (Wildman–Crippen LogP) is 6.38. The van der Waals surface area contributed by atoms with E-state index in [9.17, 15) is 0 Å². The lowest BCUT2D eigenvalue weighted by Crippen LogP contribution is -2.22. The Hall–Kier alpha value is -2.65. The Bertz CT molecular complexity index is 939. The Morgan fingerprint density at radius 2 is 1.48 bits per heavy atom. The summed E-state index contributed by atoms with van der Waals surface area (Å²) in [5, 5.41) is 0.681. The molecule has 0 bridgehead atoms. The van der Waals surface area contributed by atoms with Gasteiger partial charge in [-0.2, -0.15) is 0 Å². The van der Waals surface area contributed by atoms with Crippen molar-refractivity contribution in [2.24, 2.45) is 0 Å². The molecule has 0 aliphatic heterocycles. The van der Waals surface area contributed by atoms with E-state index in [1.807, 2.05) is 24.3 Å². The molecule has 4 heteroatoms. The lowest BCUT2D eigenvalue weighted by molar-refractivity contribution is 0.402. The number of rotatable bonds is 8. The highest BCUT2D eigenvalue weighted by Gasteiger charge is 2.24. The van der Waals surface area contributed by atoms with E-state index in [1.165, 1.54) is 0 Å². The average molecular weight is 410 g/mol. The first kappa shape index (κ1) is 21.1. The van der Waals surface area contributed by atoms with Crippen molar-refractivity contribution in [3.63, 3.8) is 0 Å². The third-order valence-electron chi connectivity index (χ3n) is 5.29. The van der Waals surface area contributed by atoms with Crippen molar-refractivity contribution in [1.82, 2.24) is 0 Å². The molecule has 0 saturated heterocycles. The Morgan fingerprint density at radius 1 is 0.793 bits per heavy atom. The highest BCUT2D eigenvalue weighted by atomic mass is 35.5. The van der Waals surface area contributed by atoms with Crippen LogP contribution in [0.25, 0.3) is 0 Å². The van der Waals surface area contributed by atoms with Crippen molar-refractivity contribution in [1.29, 1.82) is 0 Å². The molecule has 0 aromatic heterocycles. The number of hydrogen-bond donors (Lipinski definition) is 0. The summed E-state index contributed by atoms with van der Waals surface area (Å²) in [6, 6.07) is 22.6. The highest BCUT2D eigenvalue weighted by Crippen LogP contribution is 2.43. The molecule has 3 aromatic carbocycles. The van der Waals surface area contributed by atoms with Crippen LogP contribution in [0.5, 0.6) is 11.5 Å². The topological polar surface area (TPSA) is 21.7 Å². The molecule has 0 amide bonds. The summed E-state index contributed by atoms with van der Waals surface area (Å²) in [5.41, 5.74) is 4.40. The van der Waals surface area contributed by atoms with Crippen LogP contribution in [0.2, 0.25) is 5.02 Å². The number of hydrogen-bond acceptors (Lipinski definition) is 3. The quantitative estimate of drug-likeness (QED) is 0.402. The average Bonchev–Trinajstić information content (AvgIpc) is 2.76. The van der Waals surface area contributed by atoms with Crippen molar-refractivity contribution >= 4 is 17.3 Å². The van der Waals surface area contributed by atoms with Gasteiger partial charge in [0.1, 0.15) is 11.5 Å². The minimum atomic E-state index is -0.0643. The summed E-state index contributed by atoms with van der Waals surface area (Å²) in [6.45, 7) is 6.22. The van der Waals surface area contributed by atoms with Gasteiger partial charge in [-0.15, -0.1) is 0 Å². The molecular weight excluding hydrogens is 382 g/mol. The molecule has 0 heterocycles. The molecule has 3 rings (SSSR count). The Kier molecular flexibility index (Phi) is 7.05. The van der Waals surface area contributed by atoms with Crippen LogP contribution in [0.1, 0.15) is 36.5 Å². The zero-order chi connectivity index (χ0) is 20.8. The molecule has 1 unspecified atom stereocenters. The van der Waals surface area contributed by atoms with Crippen LogP contribution in [-0.4, -0.2) is 27.3 Å². The van der Waals surface area contributed by atoms with Crippen molar-refractivity contribution in [2.45, 2.75) is 19.8 Å². The third kappa shape index (κ3) is 4.51. The van der Waals surface area contributed by atoms with Crippen molar-refractivity contribution in [2.75, 3.05) is 32.2 Å². The van der Waals surface area contributed by atoms with Gasteiger partial charge in [0.25, 0.3) is 0 Å². The van der Waals surface area contributed by atoms with Crippen molar-refractivity contribution in [3.05, 3.63) is 88.4 Å². The maximum atomic E-state index is 6.38. The lowest BCUT2D eigenvalue weighted by atomic mass is 9.84. The first-order valence-electron chi connectivity index (χ1n) is 9.94. The van der Waals surface area contributed by atoms with E-state index in [4.69, 9.17) is 21.1 Å². The van der Waals surface area contributed by atoms with Gasteiger partial charge >= 0.3 is 0 Å². The van der Waals surface area contributed by atoms with Crippen LogP contribution in [0.4, 0.5) is 5.69 Å². The molecule has 3 aromatic rings. The lowest BCUT2D eigenvalue weighted by Gasteiger charge is -2.26. The molecule has 0 radical (unpaired) electrons. The normalized spacial score (nSPS) is 11.8. The number of anilines is 1. The van der Waals surface area contributed by atoms with Gasteiger partial charge in [0.05, 0.1) is 14.2 Å². The van der Waals surface area contributed by atoms with Crippen LogP contribution in [-0.2, 0) is 0 Å². The van der Waals surface area contributed by atoms with Crippen molar-refractivity contribution < 1.29 is 9.47 Å². The molecule has 3 nitrogen and oxygen atoms in total. The molecular formula is C25H28ClNO2. The second kappa shape index (κ2) is 9.71. The Morgan fingerprint density at radius 3 is 2.10 bits per heavy atom. The summed E-state index contributed by atoms with van der Waals surface area (Å²) < 4.78 is 11.5. The number of ether oxygens (including phenoxy) is 2. The van der Waals surface area contributed by atoms with Gasteiger partial charge in [0, 0.05) is 46.9 Å². The molecule has 29 heavy (non-hydrogen) atoms. The third-order valence-corrected chi connectivity index (χ3v) is 5.53. The Balaban J connectivity index is 2.22. The number of nitrogens with zero attached hydrogens (tertiary/aromatic N) is 1. The van der Waals surface area contributed by atoms with Gasteiger partial charge in [0.15, 0.2) is 0 Å². The first-order chi connectivity index (χ1) is 14.1. The monoisotopic (exact) mass is 409 g/mol. The van der Waals surface area contributed by atoms with Gasteiger partial charge in [0.2, 0.25) is 0 Å². The summed E-state index contributed by atoms with van der Waals surface area (Å²) >= 11 is 6.38. The zero-order valence-corrected chi connectivity index (χ0v) is 18.2. The van der Waals surface area contributed by atoms with Crippen LogP contribution in [0.15, 0.2) is 66.7 Å². The second-order valence-electron chi connectivity index (χ2n) is 6.83. The van der Waals surface area contributed by atoms with Crippen LogP contribution in [0.3, 0.4) is 0 Å². The van der Waals surface area contributed by atoms with E-state index in [-0.39, 0.29) is 5.92 Å². The van der Waals surface area contributed by atoms with Gasteiger partial charge in [-0.1, -0.05) is 48.0 Å². The molecule has 0 aliphatic rings. The molecule has 0 aliphatic carbocycles. The van der Waals surface area contributed by atoms with Crippen LogP contribution >= 0.6 is 11.6 Å². The largest absolute Gasteiger partial charge is 0.496 e. The summed E-state index contributed by atoms with van der Waals surface area (Å²) in [7, 11) is 3.41. The highest BCUT2D eigenvalue weighted by molar-refractivity contribution is 6.30.